The summed E-state index contributed by atoms with van der Waals surface area (Å²) >= 11 is 0. The Morgan fingerprint density at radius 3 is 2.62 bits per heavy atom. The predicted molar refractivity (Wildman–Crippen MR) is 46.7 cm³/mol. The zero-order valence-corrected chi connectivity index (χ0v) is 7.78. The van der Waals surface area contributed by atoms with Gasteiger partial charge >= 0.3 is 0 Å². The molecule has 1 aliphatic rings. The number of hydrogen-bond donors (Lipinski definition) is 1. The number of aliphatic hydroxyl groups is 1. The van der Waals surface area contributed by atoms with Crippen LogP contribution >= 0.6 is 0 Å². The number of aliphatic hydroxyl groups excluding tert-OH is 1. The van der Waals surface area contributed by atoms with Crippen molar-refractivity contribution in [1.29, 1.82) is 0 Å². The number of hydrogen-bond acceptors (Lipinski definition) is 3. The van der Waals surface area contributed by atoms with E-state index in [4.69, 9.17) is 5.11 Å². The summed E-state index contributed by atoms with van der Waals surface area (Å²) in [6.07, 6.45) is 4.74. The molecule has 0 aliphatic heterocycles. The zero-order chi connectivity index (χ0) is 10.1. The monoisotopic (exact) mass is 181 g/mol. The van der Waals surface area contributed by atoms with Crippen molar-refractivity contribution in [2.24, 2.45) is 11.3 Å². The first-order valence-electron chi connectivity index (χ1n) is 4.29. The van der Waals surface area contributed by atoms with E-state index in [1.165, 1.54) is 18.2 Å². The Hall–Kier alpha value is -1.25. The quantitative estimate of drug-likeness (QED) is 0.684. The van der Waals surface area contributed by atoms with Gasteiger partial charge in [-0.05, 0) is 24.5 Å². The number of allylic oxidation sites excluding steroid dienone is 2. The van der Waals surface area contributed by atoms with Gasteiger partial charge in [-0.15, -0.1) is 0 Å². The minimum Gasteiger partial charge on any atom is -0.549 e. The first kappa shape index (κ1) is 9.84. The lowest BCUT2D eigenvalue weighted by atomic mass is 9.72. The maximum Gasteiger partial charge on any atom is 0.111 e. The molecule has 0 amide bonds. The second-order valence-corrected chi connectivity index (χ2v) is 3.65. The molecule has 1 aliphatic carbocycles. The molecule has 0 bridgehead atoms. The normalized spacial score (nSPS) is 27.5. The molecule has 0 heterocycles. The summed E-state index contributed by atoms with van der Waals surface area (Å²) in [5, 5.41) is 20.0. The fraction of sp³-hybridized carbons (Fsp3) is 0.500. The van der Waals surface area contributed by atoms with Gasteiger partial charge in [-0.2, -0.15) is 0 Å². The van der Waals surface area contributed by atoms with Crippen LogP contribution in [-0.2, 0) is 4.79 Å². The van der Waals surface area contributed by atoms with Gasteiger partial charge in [0.1, 0.15) is 5.76 Å². The molecule has 1 rings (SSSR count). The summed E-state index contributed by atoms with van der Waals surface area (Å²) < 4.78 is 0. The molecule has 1 N–H and O–H groups in total. The highest BCUT2D eigenvalue weighted by Crippen LogP contribution is 2.36. The SMILES string of the molecule is CC(C)C1(C(=O)[O-])C=CC(O)=CC1. The number of aliphatic carboxylic acids is 1. The molecular formula is C10H13O3-. The largest absolute Gasteiger partial charge is 0.549 e. The van der Waals surface area contributed by atoms with E-state index in [0.717, 1.165) is 0 Å². The average Bonchev–Trinajstić information content (AvgIpc) is 2.04. The van der Waals surface area contributed by atoms with Gasteiger partial charge in [-0.3, -0.25) is 0 Å². The van der Waals surface area contributed by atoms with Crippen LogP contribution in [0.3, 0.4) is 0 Å². The van der Waals surface area contributed by atoms with Crippen LogP contribution in [0.2, 0.25) is 0 Å². The van der Waals surface area contributed by atoms with Gasteiger partial charge in [0.05, 0.1) is 5.97 Å². The molecule has 0 aromatic heterocycles. The molecule has 0 aromatic carbocycles. The Balaban J connectivity index is 2.98. The maximum atomic E-state index is 11.0. The summed E-state index contributed by atoms with van der Waals surface area (Å²) in [7, 11) is 0. The summed E-state index contributed by atoms with van der Waals surface area (Å²) in [5.41, 5.74) is -0.952. The highest BCUT2D eigenvalue weighted by molar-refractivity contribution is 5.76. The van der Waals surface area contributed by atoms with Crippen molar-refractivity contribution in [3.05, 3.63) is 24.0 Å². The third-order valence-electron chi connectivity index (χ3n) is 2.61. The summed E-state index contributed by atoms with van der Waals surface area (Å²) in [6.45, 7) is 3.66. The molecule has 0 saturated heterocycles. The van der Waals surface area contributed by atoms with Crippen LogP contribution in [0.1, 0.15) is 20.3 Å². The molecule has 0 spiro atoms. The number of rotatable bonds is 2. The molecule has 3 heteroatoms. The van der Waals surface area contributed by atoms with Crippen molar-refractivity contribution < 1.29 is 15.0 Å². The van der Waals surface area contributed by atoms with E-state index in [0.29, 0.717) is 6.42 Å². The Morgan fingerprint density at radius 1 is 1.69 bits per heavy atom. The van der Waals surface area contributed by atoms with Crippen molar-refractivity contribution in [1.82, 2.24) is 0 Å². The molecule has 1 unspecified atom stereocenters. The minimum absolute atomic E-state index is 0.0434. The maximum absolute atomic E-state index is 11.0. The van der Waals surface area contributed by atoms with Gasteiger partial charge < -0.3 is 15.0 Å². The van der Waals surface area contributed by atoms with Gasteiger partial charge in [-0.1, -0.05) is 19.9 Å². The van der Waals surface area contributed by atoms with E-state index in [1.807, 2.05) is 13.8 Å². The molecule has 3 nitrogen and oxygen atoms in total. The summed E-state index contributed by atoms with van der Waals surface area (Å²) in [6, 6.07) is 0. The highest BCUT2D eigenvalue weighted by Gasteiger charge is 2.33. The first-order chi connectivity index (χ1) is 5.99. The van der Waals surface area contributed by atoms with E-state index in [-0.39, 0.29) is 11.7 Å². The Morgan fingerprint density at radius 2 is 2.31 bits per heavy atom. The fourth-order valence-corrected chi connectivity index (χ4v) is 1.46. The molecular weight excluding hydrogens is 168 g/mol. The zero-order valence-electron chi connectivity index (χ0n) is 7.78. The number of carboxylic acid groups (broad SMARTS) is 1. The van der Waals surface area contributed by atoms with Crippen molar-refractivity contribution in [3.63, 3.8) is 0 Å². The molecule has 13 heavy (non-hydrogen) atoms. The lowest BCUT2D eigenvalue weighted by Crippen LogP contribution is -2.45. The molecule has 0 radical (unpaired) electrons. The van der Waals surface area contributed by atoms with E-state index >= 15 is 0 Å². The fourth-order valence-electron chi connectivity index (χ4n) is 1.46. The van der Waals surface area contributed by atoms with E-state index in [1.54, 1.807) is 0 Å². The Kier molecular flexibility index (Phi) is 2.45. The van der Waals surface area contributed by atoms with Crippen molar-refractivity contribution in [2.75, 3.05) is 0 Å². The van der Waals surface area contributed by atoms with Crippen LogP contribution in [0, 0.1) is 11.3 Å². The first-order valence-corrected chi connectivity index (χ1v) is 4.29. The van der Waals surface area contributed by atoms with Crippen LogP contribution < -0.4 is 5.11 Å². The van der Waals surface area contributed by atoms with E-state index in [2.05, 4.69) is 0 Å². The van der Waals surface area contributed by atoms with Gasteiger partial charge in [0.15, 0.2) is 0 Å². The number of carbonyl (C=O) groups is 1. The Bertz CT molecular complexity index is 276. The van der Waals surface area contributed by atoms with E-state index in [9.17, 15) is 9.90 Å². The molecule has 0 saturated carbocycles. The van der Waals surface area contributed by atoms with Crippen molar-refractivity contribution in [2.45, 2.75) is 20.3 Å². The van der Waals surface area contributed by atoms with Crippen molar-refractivity contribution in [3.8, 4) is 0 Å². The van der Waals surface area contributed by atoms with Gasteiger partial charge in [0.2, 0.25) is 0 Å². The third kappa shape index (κ3) is 1.59. The summed E-state index contributed by atoms with van der Waals surface area (Å²) in [5.74, 6) is -1.00. The standard InChI is InChI=1S/C10H14O3/c1-7(2)10(9(12)13)5-3-8(11)4-6-10/h3-5,7,11H,6H2,1-2H3,(H,12,13)/p-1. The lowest BCUT2D eigenvalue weighted by molar-refractivity contribution is -0.318. The minimum atomic E-state index is -1.08. The lowest BCUT2D eigenvalue weighted by Gasteiger charge is -2.36. The van der Waals surface area contributed by atoms with Crippen LogP contribution in [-0.4, -0.2) is 11.1 Å². The third-order valence-corrected chi connectivity index (χ3v) is 2.61. The van der Waals surface area contributed by atoms with Crippen LogP contribution in [0.15, 0.2) is 24.0 Å². The van der Waals surface area contributed by atoms with E-state index < -0.39 is 11.4 Å². The molecule has 0 aromatic rings. The Labute approximate surface area is 77.4 Å². The van der Waals surface area contributed by atoms with Crippen LogP contribution in [0.5, 0.6) is 0 Å². The van der Waals surface area contributed by atoms with Gasteiger partial charge in [0, 0.05) is 5.41 Å². The average molecular weight is 181 g/mol. The predicted octanol–water partition coefficient (Wildman–Crippen LogP) is 0.780. The number of carbonyl (C=O) groups excluding carboxylic acids is 1. The summed E-state index contributed by atoms with van der Waals surface area (Å²) in [4.78, 5) is 11.0. The second kappa shape index (κ2) is 3.24. The molecule has 72 valence electrons. The van der Waals surface area contributed by atoms with Gasteiger partial charge in [0.25, 0.3) is 0 Å². The van der Waals surface area contributed by atoms with Crippen LogP contribution in [0.4, 0.5) is 0 Å². The van der Waals surface area contributed by atoms with Crippen LogP contribution in [0.25, 0.3) is 0 Å². The topological polar surface area (TPSA) is 60.4 Å². The molecule has 1 atom stereocenters. The second-order valence-electron chi connectivity index (χ2n) is 3.65. The number of carboxylic acids is 1. The smallest absolute Gasteiger partial charge is 0.111 e. The highest BCUT2D eigenvalue weighted by atomic mass is 16.4. The molecule has 0 fully saturated rings. The van der Waals surface area contributed by atoms with Crippen molar-refractivity contribution >= 4 is 5.97 Å². The van der Waals surface area contributed by atoms with Gasteiger partial charge in [-0.25, -0.2) is 0 Å².